The molecule has 0 fully saturated rings. The van der Waals surface area contributed by atoms with E-state index < -0.39 is 0 Å². The summed E-state index contributed by atoms with van der Waals surface area (Å²) >= 11 is 4.30. The van der Waals surface area contributed by atoms with E-state index in [4.69, 9.17) is 5.26 Å². The molecule has 0 aliphatic rings. The Labute approximate surface area is 51.8 Å². The Balaban J connectivity index is 0. The van der Waals surface area contributed by atoms with Gasteiger partial charge < -0.3 is 0 Å². The first-order valence-corrected chi connectivity index (χ1v) is 0.791. The molecule has 0 aromatic rings. The number of hydrogen-bond acceptors (Lipinski definition) is 1. The van der Waals surface area contributed by atoms with Crippen LogP contribution >= 0.6 is 11.6 Å². The number of hydrogen-bond donors (Lipinski definition) is 0. The van der Waals surface area contributed by atoms with E-state index in [1.165, 1.54) is 5.53 Å². The summed E-state index contributed by atoms with van der Waals surface area (Å²) < 4.78 is 0. The van der Waals surface area contributed by atoms with Gasteiger partial charge in [-0.15, -0.1) is 0 Å². The topological polar surface area (TPSA) is 23.8 Å². The quantitative estimate of drug-likeness (QED) is 0.388. The van der Waals surface area contributed by atoms with Crippen LogP contribution in [0.4, 0.5) is 0 Å². The smallest absolute Gasteiger partial charge is 0.173 e. The average molecular weight is 84.5 g/mol. The van der Waals surface area contributed by atoms with E-state index >= 15 is 0 Å². The van der Waals surface area contributed by atoms with Gasteiger partial charge >= 0.3 is 0 Å². The second-order valence-electron chi connectivity index (χ2n) is 0.0845. The molecule has 0 amide bonds. The van der Waals surface area contributed by atoms with Crippen LogP contribution < -0.4 is 0 Å². The summed E-state index contributed by atoms with van der Waals surface area (Å²) in [4.78, 5) is 0. The van der Waals surface area contributed by atoms with Gasteiger partial charge in [0.1, 0.15) is 0 Å². The Hall–Kier alpha value is 0.780. The molecule has 0 aliphatic heterocycles. The predicted octanol–water partition coefficient (Wildman–Crippen LogP) is 0.325. The summed E-state index contributed by atoms with van der Waals surface area (Å²) in [6, 6.07) is 0. The molecule has 1 nitrogen and oxygen atoms in total. The van der Waals surface area contributed by atoms with E-state index in [1.807, 2.05) is 0 Å². The Morgan fingerprint density at radius 2 is 1.75 bits per heavy atom. The van der Waals surface area contributed by atoms with Crippen molar-refractivity contribution in [2.75, 3.05) is 0 Å². The van der Waals surface area contributed by atoms with Gasteiger partial charge in [-0.1, -0.05) is 0 Å². The normalized spacial score (nSPS) is 2.00. The predicted molar refractivity (Wildman–Crippen MR) is 17.2 cm³/mol. The maximum Gasteiger partial charge on any atom is 0.173 e. The van der Waals surface area contributed by atoms with Gasteiger partial charge in [-0.25, -0.2) is 0 Å². The average Bonchev–Trinajstić information content (AvgIpc) is 0.918. The number of nitrogens with zero attached hydrogens (tertiary/aromatic N) is 1. The van der Waals surface area contributed by atoms with Gasteiger partial charge in [-0.2, -0.15) is 5.26 Å². The first-order chi connectivity index (χ1) is 1.41. The van der Waals surface area contributed by atoms with Crippen LogP contribution in [0.25, 0.3) is 0 Å². The largest absolute Gasteiger partial charge is 0.179 e. The van der Waals surface area contributed by atoms with Crippen LogP contribution in [-0.2, 0) is 0 Å². The molecule has 0 spiro atoms. The minimum atomic E-state index is 0. The van der Waals surface area contributed by atoms with Gasteiger partial charge in [0, 0.05) is 41.2 Å². The van der Waals surface area contributed by atoms with Crippen molar-refractivity contribution in [2.45, 2.75) is 0 Å². The van der Waals surface area contributed by atoms with Crippen molar-refractivity contribution in [3.05, 3.63) is 0 Å². The van der Waals surface area contributed by atoms with Crippen molar-refractivity contribution >= 4 is 41.2 Å². The molecule has 0 atom stereocenters. The molecule has 0 bridgehead atoms. The van der Waals surface area contributed by atoms with Crippen molar-refractivity contribution in [2.24, 2.45) is 0 Å². The molecule has 0 saturated heterocycles. The molecule has 0 aromatic carbocycles. The van der Waals surface area contributed by atoms with E-state index in [-0.39, 0.29) is 29.6 Å². The Kier molecular flexibility index (Phi) is 20.4. The zero-order chi connectivity index (χ0) is 2.71. The Morgan fingerprint density at radius 3 is 1.75 bits per heavy atom. The zero-order valence-electron chi connectivity index (χ0n) is 2.33. The van der Waals surface area contributed by atoms with E-state index in [0.29, 0.717) is 0 Å². The summed E-state index contributed by atoms with van der Waals surface area (Å²) in [5.74, 6) is 0. The Bertz CT molecular complexity index is 29.5. The van der Waals surface area contributed by atoms with Crippen LogP contribution in [0.1, 0.15) is 0 Å². The van der Waals surface area contributed by atoms with E-state index in [9.17, 15) is 0 Å². The number of nitriles is 1. The summed E-state index contributed by atoms with van der Waals surface area (Å²) in [6.07, 6.45) is 0. The summed E-state index contributed by atoms with van der Waals surface area (Å²) in [7, 11) is 0. The van der Waals surface area contributed by atoms with Crippen molar-refractivity contribution in [3.63, 3.8) is 0 Å². The fraction of sp³-hybridized carbons (Fsp3) is 0. The van der Waals surface area contributed by atoms with Crippen molar-refractivity contribution in [1.82, 2.24) is 0 Å². The van der Waals surface area contributed by atoms with Crippen LogP contribution in [0.3, 0.4) is 0 Å². The van der Waals surface area contributed by atoms with Crippen LogP contribution in [0.2, 0.25) is 0 Å². The molecule has 0 saturated carbocycles. The van der Waals surface area contributed by atoms with Crippen molar-refractivity contribution < 1.29 is 0 Å². The molecule has 4 heavy (non-hydrogen) atoms. The molecule has 0 aromatic heterocycles. The third-order valence-corrected chi connectivity index (χ3v) is 0. The minimum Gasteiger partial charge on any atom is -0.179 e. The Morgan fingerprint density at radius 1 is 1.75 bits per heavy atom. The van der Waals surface area contributed by atoms with E-state index in [2.05, 4.69) is 11.6 Å². The second-order valence-corrected chi connectivity index (χ2v) is 0.254. The zero-order valence-corrected chi connectivity index (χ0v) is 5.08. The van der Waals surface area contributed by atoms with Crippen LogP contribution in [0.15, 0.2) is 0 Å². The summed E-state index contributed by atoms with van der Waals surface area (Å²) in [5, 5.41) is 7.08. The van der Waals surface area contributed by atoms with Gasteiger partial charge in [0.05, 0.1) is 0 Å². The number of rotatable bonds is 0. The van der Waals surface area contributed by atoms with Crippen molar-refractivity contribution in [3.8, 4) is 5.53 Å². The third-order valence-electron chi connectivity index (χ3n) is 0. The molecule has 0 rings (SSSR count). The maximum absolute atomic E-state index is 7.08. The maximum atomic E-state index is 7.08. The van der Waals surface area contributed by atoms with Gasteiger partial charge in [-0.05, 0) is 0 Å². The second kappa shape index (κ2) is 9.22. The molecule has 17 valence electrons. The molecule has 0 aliphatic carbocycles. The third kappa shape index (κ3) is 14.5. The molecular weight excluding hydrogens is 84.5 g/mol. The van der Waals surface area contributed by atoms with Crippen molar-refractivity contribution in [1.29, 1.82) is 5.26 Å². The summed E-state index contributed by atoms with van der Waals surface area (Å²) in [5.41, 5.74) is 1.22. The fourth-order valence-corrected chi connectivity index (χ4v) is 0. The van der Waals surface area contributed by atoms with Crippen LogP contribution in [0, 0.1) is 10.8 Å². The van der Waals surface area contributed by atoms with Gasteiger partial charge in [0.2, 0.25) is 0 Å². The molecule has 0 N–H and O–H groups in total. The molecule has 1 radical (unpaired) electrons. The van der Waals surface area contributed by atoms with Gasteiger partial charge in [0.25, 0.3) is 0 Å². The first kappa shape index (κ1) is 8.84. The van der Waals surface area contributed by atoms with Crippen LogP contribution in [0.5, 0.6) is 0 Å². The molecule has 0 unspecified atom stereocenters. The minimum absolute atomic E-state index is 0. The number of halogens is 1. The molecule has 0 heterocycles. The fourth-order valence-electron chi connectivity index (χ4n) is 0. The monoisotopic (exact) mass is 84.0 g/mol. The molecular formula is CClNNa. The van der Waals surface area contributed by atoms with E-state index in [0.717, 1.165) is 0 Å². The molecule has 3 heteroatoms. The van der Waals surface area contributed by atoms with E-state index in [1.54, 1.807) is 0 Å². The van der Waals surface area contributed by atoms with Crippen LogP contribution in [-0.4, -0.2) is 29.6 Å². The summed E-state index contributed by atoms with van der Waals surface area (Å²) in [6.45, 7) is 0. The van der Waals surface area contributed by atoms with Gasteiger partial charge in [-0.3, -0.25) is 0 Å². The SMILES string of the molecule is N#CCl.[Na]. The van der Waals surface area contributed by atoms with Gasteiger partial charge in [0.15, 0.2) is 5.53 Å². The standard InChI is InChI=1S/CClN.Na/c2-1-3;. The first-order valence-electron chi connectivity index (χ1n) is 0.413.